The van der Waals surface area contributed by atoms with Crippen molar-refractivity contribution in [1.82, 2.24) is 14.7 Å². The van der Waals surface area contributed by atoms with Crippen LogP contribution in [0, 0.1) is 5.82 Å². The Kier molecular flexibility index (Phi) is 8.87. The van der Waals surface area contributed by atoms with Crippen LogP contribution in [-0.4, -0.2) is 99.5 Å². The Bertz CT molecular complexity index is 921. The second-order valence-electron chi connectivity index (χ2n) is 8.76. The first-order valence-corrected chi connectivity index (χ1v) is 11.9. The third-order valence-electron chi connectivity index (χ3n) is 6.39. The van der Waals surface area contributed by atoms with Crippen LogP contribution in [0.1, 0.15) is 15.9 Å². The summed E-state index contributed by atoms with van der Waals surface area (Å²) in [6, 6.07) is 14.3. The van der Waals surface area contributed by atoms with Crippen molar-refractivity contribution in [2.24, 2.45) is 0 Å². The molecule has 0 N–H and O–H groups in total. The van der Waals surface area contributed by atoms with E-state index in [1.54, 1.807) is 30.2 Å². The first-order chi connectivity index (χ1) is 16.6. The van der Waals surface area contributed by atoms with Gasteiger partial charge in [-0.3, -0.25) is 14.6 Å². The quantitative estimate of drug-likeness (QED) is 0.560. The molecule has 184 valence electrons. The van der Waals surface area contributed by atoms with Crippen molar-refractivity contribution in [2.75, 3.05) is 72.7 Å². The average molecular weight is 472 g/mol. The summed E-state index contributed by atoms with van der Waals surface area (Å²) < 4.78 is 31.1. The van der Waals surface area contributed by atoms with Gasteiger partial charge in [0.25, 0.3) is 5.91 Å². The minimum Gasteiger partial charge on any atom is -0.497 e. The summed E-state index contributed by atoms with van der Waals surface area (Å²) in [7, 11) is 1.66. The molecular formula is C26H34FN3O4. The molecule has 0 aromatic heterocycles. The van der Waals surface area contributed by atoms with Crippen LogP contribution in [0.2, 0.25) is 0 Å². The van der Waals surface area contributed by atoms with Crippen LogP contribution in [0.15, 0.2) is 48.5 Å². The summed E-state index contributed by atoms with van der Waals surface area (Å²) in [6.45, 7) is 7.72. The molecule has 34 heavy (non-hydrogen) atoms. The van der Waals surface area contributed by atoms with Crippen LogP contribution in [-0.2, 0) is 16.0 Å². The van der Waals surface area contributed by atoms with Gasteiger partial charge >= 0.3 is 0 Å². The molecule has 2 fully saturated rings. The molecule has 0 radical (unpaired) electrons. The van der Waals surface area contributed by atoms with Gasteiger partial charge in [0, 0.05) is 52.4 Å². The number of benzene rings is 2. The molecule has 7 nitrogen and oxygen atoms in total. The molecule has 2 saturated heterocycles. The summed E-state index contributed by atoms with van der Waals surface area (Å²) in [5.74, 6) is 0.0583. The molecule has 0 bridgehead atoms. The molecule has 2 aromatic carbocycles. The normalized spacial score (nSPS) is 19.6. The highest BCUT2D eigenvalue weighted by molar-refractivity contribution is 5.94. The van der Waals surface area contributed by atoms with E-state index in [0.29, 0.717) is 39.5 Å². The maximum Gasteiger partial charge on any atom is 0.256 e. The number of hydrogen-bond donors (Lipinski definition) is 0. The zero-order valence-electron chi connectivity index (χ0n) is 19.8. The molecule has 0 aliphatic carbocycles. The van der Waals surface area contributed by atoms with Crippen LogP contribution in [0.25, 0.3) is 0 Å². The Morgan fingerprint density at radius 3 is 2.53 bits per heavy atom. The van der Waals surface area contributed by atoms with Gasteiger partial charge in [-0.2, -0.15) is 0 Å². The smallest absolute Gasteiger partial charge is 0.256 e. The molecule has 0 saturated carbocycles. The third-order valence-corrected chi connectivity index (χ3v) is 6.39. The zero-order valence-corrected chi connectivity index (χ0v) is 19.8. The fourth-order valence-corrected chi connectivity index (χ4v) is 4.44. The molecule has 2 aromatic rings. The van der Waals surface area contributed by atoms with Gasteiger partial charge in [0.2, 0.25) is 0 Å². The molecule has 2 heterocycles. The number of nitrogens with zero attached hydrogens (tertiary/aromatic N) is 3. The summed E-state index contributed by atoms with van der Waals surface area (Å²) in [5.41, 5.74) is 1.31. The summed E-state index contributed by atoms with van der Waals surface area (Å²) in [6.07, 6.45) is -0.132. The predicted molar refractivity (Wildman–Crippen MR) is 128 cm³/mol. The van der Waals surface area contributed by atoms with E-state index < -0.39 is 5.82 Å². The van der Waals surface area contributed by atoms with Crippen LogP contribution < -0.4 is 4.74 Å². The number of rotatable bonds is 9. The first kappa shape index (κ1) is 24.6. The lowest BCUT2D eigenvalue weighted by Crippen LogP contribution is -2.50. The molecule has 4 rings (SSSR count). The van der Waals surface area contributed by atoms with E-state index in [-0.39, 0.29) is 17.6 Å². The Morgan fingerprint density at radius 1 is 1.06 bits per heavy atom. The van der Waals surface area contributed by atoms with E-state index >= 15 is 0 Å². The Morgan fingerprint density at radius 2 is 1.79 bits per heavy atom. The largest absolute Gasteiger partial charge is 0.497 e. The van der Waals surface area contributed by atoms with E-state index in [1.165, 1.54) is 11.6 Å². The van der Waals surface area contributed by atoms with Gasteiger partial charge in [0.05, 0.1) is 38.6 Å². The van der Waals surface area contributed by atoms with Crippen LogP contribution in [0.3, 0.4) is 0 Å². The van der Waals surface area contributed by atoms with Crippen molar-refractivity contribution < 1.29 is 23.4 Å². The van der Waals surface area contributed by atoms with Gasteiger partial charge in [-0.15, -0.1) is 0 Å². The van der Waals surface area contributed by atoms with Gasteiger partial charge in [0.15, 0.2) is 0 Å². The highest BCUT2D eigenvalue weighted by Gasteiger charge is 2.27. The van der Waals surface area contributed by atoms with Crippen molar-refractivity contribution >= 4 is 5.91 Å². The summed E-state index contributed by atoms with van der Waals surface area (Å²) in [5, 5.41) is 0. The topological polar surface area (TPSA) is 54.5 Å². The summed E-state index contributed by atoms with van der Waals surface area (Å²) in [4.78, 5) is 19.7. The molecule has 2 aliphatic heterocycles. The lowest BCUT2D eigenvalue weighted by Gasteiger charge is -2.37. The lowest BCUT2D eigenvalue weighted by molar-refractivity contribution is -0.0443. The van der Waals surface area contributed by atoms with Crippen molar-refractivity contribution in [3.05, 3.63) is 65.5 Å². The Labute approximate surface area is 201 Å². The van der Waals surface area contributed by atoms with Crippen molar-refractivity contribution in [1.29, 1.82) is 0 Å². The second kappa shape index (κ2) is 12.3. The zero-order chi connectivity index (χ0) is 23.8. The third kappa shape index (κ3) is 6.76. The minimum absolute atomic E-state index is 0.107. The van der Waals surface area contributed by atoms with Gasteiger partial charge in [-0.25, -0.2) is 4.39 Å². The average Bonchev–Trinajstić information content (AvgIpc) is 2.88. The number of ether oxygens (including phenoxy) is 3. The first-order valence-electron chi connectivity index (χ1n) is 11.9. The molecule has 1 unspecified atom stereocenters. The van der Waals surface area contributed by atoms with E-state index in [0.717, 1.165) is 38.5 Å². The molecule has 2 aliphatic rings. The van der Waals surface area contributed by atoms with Crippen molar-refractivity contribution in [2.45, 2.75) is 12.6 Å². The van der Waals surface area contributed by atoms with Gasteiger partial charge in [-0.1, -0.05) is 24.3 Å². The maximum atomic E-state index is 14.4. The van der Waals surface area contributed by atoms with Gasteiger partial charge < -0.3 is 19.1 Å². The number of halogens is 1. The predicted octanol–water partition coefficient (Wildman–Crippen LogP) is 2.51. The van der Waals surface area contributed by atoms with Crippen LogP contribution >= 0.6 is 0 Å². The van der Waals surface area contributed by atoms with E-state index in [2.05, 4.69) is 21.9 Å². The lowest BCUT2D eigenvalue weighted by atomic mass is 10.1. The monoisotopic (exact) mass is 471 g/mol. The minimum atomic E-state index is -0.491. The number of amides is 1. The SMILES string of the molecule is COc1ccc(CN2CCOC(CN(CCN3CCOCC3)C(=O)c3ccccc3F)C2)cc1. The number of morpholine rings is 2. The molecular weight excluding hydrogens is 437 g/mol. The van der Waals surface area contributed by atoms with Crippen molar-refractivity contribution in [3.8, 4) is 5.75 Å². The van der Waals surface area contributed by atoms with E-state index in [9.17, 15) is 9.18 Å². The van der Waals surface area contributed by atoms with E-state index in [1.807, 2.05) is 12.1 Å². The Balaban J connectivity index is 1.40. The fraction of sp³-hybridized carbons (Fsp3) is 0.500. The molecule has 0 spiro atoms. The summed E-state index contributed by atoms with van der Waals surface area (Å²) >= 11 is 0. The van der Waals surface area contributed by atoms with Crippen LogP contribution in [0.4, 0.5) is 4.39 Å². The highest BCUT2D eigenvalue weighted by atomic mass is 19.1. The van der Waals surface area contributed by atoms with Crippen molar-refractivity contribution in [3.63, 3.8) is 0 Å². The van der Waals surface area contributed by atoms with Gasteiger partial charge in [-0.05, 0) is 29.8 Å². The maximum absolute atomic E-state index is 14.4. The number of methoxy groups -OCH3 is 1. The number of carbonyl (C=O) groups is 1. The second-order valence-corrected chi connectivity index (χ2v) is 8.76. The standard InChI is InChI=1S/C26H34FN3O4/c1-32-22-8-6-21(7-9-22)18-29-14-17-34-23(19-29)20-30(11-10-28-12-15-33-16-13-28)26(31)24-4-2-3-5-25(24)27/h2-9,23H,10-20H2,1H3. The Hall–Kier alpha value is -2.52. The molecule has 1 atom stereocenters. The number of carbonyl (C=O) groups excluding carboxylic acids is 1. The fourth-order valence-electron chi connectivity index (χ4n) is 4.44. The number of hydrogen-bond acceptors (Lipinski definition) is 6. The molecule has 1 amide bonds. The molecule has 8 heteroatoms. The van der Waals surface area contributed by atoms with E-state index in [4.69, 9.17) is 14.2 Å². The van der Waals surface area contributed by atoms with Crippen LogP contribution in [0.5, 0.6) is 5.75 Å². The highest BCUT2D eigenvalue weighted by Crippen LogP contribution is 2.17. The van der Waals surface area contributed by atoms with Gasteiger partial charge in [0.1, 0.15) is 11.6 Å².